The quantitative estimate of drug-likeness (QED) is 0.354. The van der Waals surface area contributed by atoms with Gasteiger partial charge in [0.2, 0.25) is 0 Å². The molecule has 0 bridgehead atoms. The van der Waals surface area contributed by atoms with Crippen LogP contribution < -0.4 is 0 Å². The summed E-state index contributed by atoms with van der Waals surface area (Å²) in [5, 5.41) is 10.8. The van der Waals surface area contributed by atoms with Crippen LogP contribution in [-0.4, -0.2) is 40.1 Å². The number of rotatable bonds is 5. The summed E-state index contributed by atoms with van der Waals surface area (Å²) >= 11 is 0. The standard InChI is InChI=1S/C25H50O3Si2/c1-19-14-17-25(28-29(9,10)11)22(5,6)20(27-30(12,13)21(2,3)4)15-16-24(25,8)23(19,7)18-26/h20,26H,1,14-18H2,2-13H3/t20-,23-,24+,25+/m0/s1. The molecule has 2 aliphatic carbocycles. The maximum atomic E-state index is 10.6. The fourth-order valence-electron chi connectivity index (χ4n) is 6.11. The lowest BCUT2D eigenvalue weighted by Crippen LogP contribution is -2.74. The molecule has 1 N–H and O–H groups in total. The first-order valence-electron chi connectivity index (χ1n) is 11.9. The molecule has 3 nitrogen and oxygen atoms in total. The van der Waals surface area contributed by atoms with E-state index in [9.17, 15) is 5.11 Å². The van der Waals surface area contributed by atoms with E-state index in [-0.39, 0.29) is 39.6 Å². The normalized spacial score (nSPS) is 37.8. The van der Waals surface area contributed by atoms with Gasteiger partial charge in [-0.1, -0.05) is 60.6 Å². The van der Waals surface area contributed by atoms with Gasteiger partial charge in [0.05, 0.1) is 18.3 Å². The molecule has 0 amide bonds. The smallest absolute Gasteiger partial charge is 0.192 e. The van der Waals surface area contributed by atoms with E-state index >= 15 is 0 Å². The highest BCUT2D eigenvalue weighted by atomic mass is 28.4. The molecule has 2 fully saturated rings. The summed E-state index contributed by atoms with van der Waals surface area (Å²) < 4.78 is 14.4. The SMILES string of the molecule is C=C1CC[C@@]2(O[Si](C)(C)C)C(C)(C)[C@@H](O[Si](C)(C)C(C)(C)C)CC[C@]2(C)[C@@]1(C)CO. The van der Waals surface area contributed by atoms with Gasteiger partial charge in [0.1, 0.15) is 0 Å². The molecule has 0 saturated heterocycles. The van der Waals surface area contributed by atoms with Crippen LogP contribution >= 0.6 is 0 Å². The predicted octanol–water partition coefficient (Wildman–Crippen LogP) is 7.14. The molecule has 0 aromatic heterocycles. The zero-order valence-corrected chi connectivity index (χ0v) is 24.1. The molecule has 5 heteroatoms. The summed E-state index contributed by atoms with van der Waals surface area (Å²) in [5.41, 5.74) is 0.161. The van der Waals surface area contributed by atoms with Gasteiger partial charge in [-0.2, -0.15) is 0 Å². The lowest BCUT2D eigenvalue weighted by Gasteiger charge is -2.71. The minimum Gasteiger partial charge on any atom is -0.413 e. The van der Waals surface area contributed by atoms with Crippen molar-refractivity contribution in [3.63, 3.8) is 0 Å². The average Bonchev–Trinajstić information content (AvgIpc) is 2.56. The summed E-state index contributed by atoms with van der Waals surface area (Å²) in [7, 11) is -3.80. The molecular formula is C25H50O3Si2. The number of aliphatic hydroxyl groups excluding tert-OH is 1. The third-order valence-electron chi connectivity index (χ3n) is 9.46. The number of hydrogen-bond acceptors (Lipinski definition) is 3. The average molecular weight is 455 g/mol. The van der Waals surface area contributed by atoms with E-state index in [1.165, 1.54) is 5.57 Å². The van der Waals surface area contributed by atoms with Crippen LogP contribution in [0.2, 0.25) is 37.8 Å². The van der Waals surface area contributed by atoms with Gasteiger partial charge in [0.15, 0.2) is 16.6 Å². The molecule has 2 saturated carbocycles. The van der Waals surface area contributed by atoms with Crippen molar-refractivity contribution in [3.05, 3.63) is 12.2 Å². The molecular weight excluding hydrogens is 404 g/mol. The molecule has 0 aromatic rings. The van der Waals surface area contributed by atoms with E-state index < -0.39 is 16.6 Å². The van der Waals surface area contributed by atoms with Crippen LogP contribution in [0.15, 0.2) is 12.2 Å². The van der Waals surface area contributed by atoms with Crippen molar-refractivity contribution < 1.29 is 14.0 Å². The third kappa shape index (κ3) is 3.74. The lowest BCUT2D eigenvalue weighted by atomic mass is 9.40. The van der Waals surface area contributed by atoms with E-state index in [0.717, 1.165) is 25.7 Å². The van der Waals surface area contributed by atoms with Gasteiger partial charge < -0.3 is 14.0 Å². The Morgan fingerprint density at radius 1 is 1.03 bits per heavy atom. The van der Waals surface area contributed by atoms with Crippen LogP contribution in [0.4, 0.5) is 0 Å². The summed E-state index contributed by atoms with van der Waals surface area (Å²) in [6.07, 6.45) is 4.04. The largest absolute Gasteiger partial charge is 0.413 e. The van der Waals surface area contributed by atoms with Crippen molar-refractivity contribution in [2.75, 3.05) is 6.61 Å². The highest BCUT2D eigenvalue weighted by Gasteiger charge is 2.71. The Morgan fingerprint density at radius 3 is 2.00 bits per heavy atom. The van der Waals surface area contributed by atoms with Crippen LogP contribution in [0.1, 0.15) is 74.1 Å². The second kappa shape index (κ2) is 7.54. The van der Waals surface area contributed by atoms with Gasteiger partial charge in [0, 0.05) is 16.2 Å². The molecule has 0 aliphatic heterocycles. The van der Waals surface area contributed by atoms with E-state index in [1.54, 1.807) is 0 Å². The zero-order valence-electron chi connectivity index (χ0n) is 22.1. The molecule has 0 aromatic carbocycles. The Hall–Kier alpha value is 0.0538. The highest BCUT2D eigenvalue weighted by molar-refractivity contribution is 6.74. The number of hydrogen-bond donors (Lipinski definition) is 1. The summed E-state index contributed by atoms with van der Waals surface area (Å²) in [6, 6.07) is 0. The van der Waals surface area contributed by atoms with Crippen molar-refractivity contribution in [1.29, 1.82) is 0 Å². The van der Waals surface area contributed by atoms with Crippen molar-refractivity contribution in [2.24, 2.45) is 16.2 Å². The molecule has 4 atom stereocenters. The van der Waals surface area contributed by atoms with Gasteiger partial charge in [-0.05, 0) is 63.5 Å². The molecule has 0 heterocycles. The first kappa shape index (κ1) is 26.3. The fourth-order valence-corrected chi connectivity index (χ4v) is 9.22. The molecule has 2 aliphatic rings. The molecule has 176 valence electrons. The third-order valence-corrected chi connectivity index (χ3v) is 14.9. The van der Waals surface area contributed by atoms with Gasteiger partial charge in [-0.25, -0.2) is 0 Å². The van der Waals surface area contributed by atoms with Crippen LogP contribution in [0.3, 0.4) is 0 Å². The Kier molecular flexibility index (Phi) is 6.62. The summed E-state index contributed by atoms with van der Waals surface area (Å²) in [4.78, 5) is 0. The topological polar surface area (TPSA) is 38.7 Å². The minimum atomic E-state index is -1.92. The maximum Gasteiger partial charge on any atom is 0.192 e. The van der Waals surface area contributed by atoms with Crippen molar-refractivity contribution in [1.82, 2.24) is 0 Å². The van der Waals surface area contributed by atoms with Crippen LogP contribution in [0, 0.1) is 16.2 Å². The van der Waals surface area contributed by atoms with Crippen LogP contribution in [0.25, 0.3) is 0 Å². The second-order valence-electron chi connectivity index (χ2n) is 13.6. The summed E-state index contributed by atoms with van der Waals surface area (Å²) in [5.74, 6) is 0. The number of fused-ring (bicyclic) bond motifs is 1. The second-order valence-corrected chi connectivity index (χ2v) is 22.8. The van der Waals surface area contributed by atoms with Gasteiger partial charge in [0.25, 0.3) is 0 Å². The highest BCUT2D eigenvalue weighted by Crippen LogP contribution is 2.70. The van der Waals surface area contributed by atoms with Crippen LogP contribution in [0.5, 0.6) is 0 Å². The maximum absolute atomic E-state index is 10.6. The van der Waals surface area contributed by atoms with Gasteiger partial charge in [-0.3, -0.25) is 0 Å². The van der Waals surface area contributed by atoms with E-state index in [4.69, 9.17) is 8.85 Å². The molecule has 0 unspecified atom stereocenters. The zero-order chi connectivity index (χ0) is 23.6. The lowest BCUT2D eigenvalue weighted by molar-refractivity contribution is -0.257. The van der Waals surface area contributed by atoms with Gasteiger partial charge in [-0.15, -0.1) is 0 Å². The van der Waals surface area contributed by atoms with Gasteiger partial charge >= 0.3 is 0 Å². The van der Waals surface area contributed by atoms with Crippen molar-refractivity contribution >= 4 is 16.6 Å². The summed E-state index contributed by atoms with van der Waals surface area (Å²) in [6.45, 7) is 32.5. The fraction of sp³-hybridized carbons (Fsp3) is 0.920. The Balaban J connectivity index is 2.66. The van der Waals surface area contributed by atoms with Crippen molar-refractivity contribution in [2.45, 2.75) is 124 Å². The molecule has 0 spiro atoms. The first-order chi connectivity index (χ1) is 13.2. The molecule has 0 radical (unpaired) electrons. The predicted molar refractivity (Wildman–Crippen MR) is 134 cm³/mol. The van der Waals surface area contributed by atoms with E-state index in [2.05, 4.69) is 87.8 Å². The molecule has 30 heavy (non-hydrogen) atoms. The molecule has 2 rings (SSSR count). The van der Waals surface area contributed by atoms with Crippen molar-refractivity contribution in [3.8, 4) is 0 Å². The first-order valence-corrected chi connectivity index (χ1v) is 18.2. The van der Waals surface area contributed by atoms with Crippen LogP contribution in [-0.2, 0) is 8.85 Å². The Labute approximate surface area is 189 Å². The monoisotopic (exact) mass is 454 g/mol. The minimum absolute atomic E-state index is 0.128. The number of aliphatic hydroxyl groups is 1. The Bertz CT molecular complexity index is 673. The van der Waals surface area contributed by atoms with E-state index in [1.807, 2.05) is 0 Å². The van der Waals surface area contributed by atoms with E-state index in [0.29, 0.717) is 0 Å². The Morgan fingerprint density at radius 2 is 1.57 bits per heavy atom.